The number of hydrogen-bond acceptors (Lipinski definition) is 4. The summed E-state index contributed by atoms with van der Waals surface area (Å²) in [5.74, 6) is -3.46. The van der Waals surface area contributed by atoms with E-state index in [1.807, 2.05) is 91.0 Å². The molecule has 0 aromatic heterocycles. The molecule has 0 amide bonds. The summed E-state index contributed by atoms with van der Waals surface area (Å²) in [7, 11) is 0. The topological polar surface area (TPSA) is 80.9 Å². The minimum atomic E-state index is -3.46. The smallest absolute Gasteiger partial charge is 0.311 e. The molecular formula is C28H26O4. The van der Waals surface area contributed by atoms with Crippen LogP contribution < -0.4 is 0 Å². The predicted molar refractivity (Wildman–Crippen MR) is 124 cm³/mol. The Kier molecular flexibility index (Phi) is 5.96. The van der Waals surface area contributed by atoms with Gasteiger partial charge in [-0.25, -0.2) is 0 Å². The van der Waals surface area contributed by atoms with Crippen LogP contribution in [-0.2, 0) is 17.4 Å². The van der Waals surface area contributed by atoms with Crippen molar-refractivity contribution < 1.29 is 20.4 Å². The van der Waals surface area contributed by atoms with E-state index in [1.54, 1.807) is 30.3 Å². The van der Waals surface area contributed by atoms with Crippen LogP contribution in [0.5, 0.6) is 0 Å². The summed E-state index contributed by atoms with van der Waals surface area (Å²) in [6, 6.07) is 36.2. The highest BCUT2D eigenvalue weighted by atomic mass is 16.7. The molecule has 32 heavy (non-hydrogen) atoms. The lowest BCUT2D eigenvalue weighted by Crippen LogP contribution is -2.65. The number of aliphatic hydroxyl groups is 4. The lowest BCUT2D eigenvalue weighted by molar-refractivity contribution is -0.409. The first-order valence-electron chi connectivity index (χ1n) is 10.5. The molecule has 0 spiro atoms. The maximum absolute atomic E-state index is 12.3. The summed E-state index contributed by atoms with van der Waals surface area (Å²) in [5, 5.41) is 44.7. The third-order valence-electron chi connectivity index (χ3n) is 6.14. The van der Waals surface area contributed by atoms with Gasteiger partial charge >= 0.3 is 5.97 Å². The number of hydrogen-bond donors (Lipinski definition) is 4. The van der Waals surface area contributed by atoms with Crippen LogP contribution in [0.1, 0.15) is 22.3 Å². The minimum Gasteiger partial charge on any atom is -0.376 e. The predicted octanol–water partition coefficient (Wildman–Crippen LogP) is 3.73. The van der Waals surface area contributed by atoms with E-state index < -0.39 is 17.0 Å². The number of rotatable bonds is 7. The quantitative estimate of drug-likeness (QED) is 0.340. The molecule has 1 atom stereocenters. The van der Waals surface area contributed by atoms with Crippen LogP contribution in [0.2, 0.25) is 0 Å². The highest BCUT2D eigenvalue weighted by Gasteiger charge is 2.64. The van der Waals surface area contributed by atoms with Gasteiger partial charge in [0.25, 0.3) is 0 Å². The molecule has 4 aromatic rings. The lowest BCUT2D eigenvalue weighted by atomic mass is 9.57. The third-order valence-corrected chi connectivity index (χ3v) is 6.14. The van der Waals surface area contributed by atoms with Gasteiger partial charge in [0.2, 0.25) is 0 Å². The van der Waals surface area contributed by atoms with Gasteiger partial charge in [-0.15, -0.1) is 0 Å². The van der Waals surface area contributed by atoms with E-state index in [1.165, 1.54) is 0 Å². The van der Waals surface area contributed by atoms with Crippen LogP contribution in [-0.4, -0.2) is 26.4 Å². The Morgan fingerprint density at radius 1 is 0.438 bits per heavy atom. The Labute approximate surface area is 187 Å². The standard InChI is InChI=1S/C28H26O4/c29-27(28(30,31)32,25-19-11-4-12-20-25)26(23-15-7-2-8-16-23,24-17-9-3-10-18-24)21-22-13-5-1-6-14-22/h1-20,29-32H,21H2. The van der Waals surface area contributed by atoms with Crippen LogP contribution >= 0.6 is 0 Å². The normalized spacial score (nSPS) is 14.0. The molecule has 4 nitrogen and oxygen atoms in total. The van der Waals surface area contributed by atoms with Gasteiger partial charge in [-0.1, -0.05) is 121 Å². The van der Waals surface area contributed by atoms with Crippen LogP contribution in [0.15, 0.2) is 121 Å². The zero-order valence-corrected chi connectivity index (χ0v) is 17.5. The van der Waals surface area contributed by atoms with Gasteiger partial charge in [0, 0.05) is 0 Å². The molecule has 0 fully saturated rings. The summed E-state index contributed by atoms with van der Waals surface area (Å²) in [6.45, 7) is 0. The average molecular weight is 427 g/mol. The number of benzene rings is 4. The van der Waals surface area contributed by atoms with E-state index in [0.29, 0.717) is 11.1 Å². The molecule has 4 N–H and O–H groups in total. The first-order valence-corrected chi connectivity index (χ1v) is 10.5. The maximum atomic E-state index is 12.3. The molecule has 0 saturated carbocycles. The van der Waals surface area contributed by atoms with E-state index in [4.69, 9.17) is 0 Å². The van der Waals surface area contributed by atoms with Crippen molar-refractivity contribution in [2.24, 2.45) is 0 Å². The minimum absolute atomic E-state index is 0.177. The maximum Gasteiger partial charge on any atom is 0.311 e. The highest BCUT2D eigenvalue weighted by Crippen LogP contribution is 2.53. The fourth-order valence-electron chi connectivity index (χ4n) is 4.67. The molecule has 0 aliphatic carbocycles. The van der Waals surface area contributed by atoms with E-state index >= 15 is 0 Å². The van der Waals surface area contributed by atoms with Gasteiger partial charge < -0.3 is 20.4 Å². The second-order valence-electron chi connectivity index (χ2n) is 8.01. The summed E-state index contributed by atoms with van der Waals surface area (Å²) in [6.07, 6.45) is 0.191. The van der Waals surface area contributed by atoms with Crippen LogP contribution in [0.3, 0.4) is 0 Å². The summed E-state index contributed by atoms with van der Waals surface area (Å²) in [4.78, 5) is 0. The fourth-order valence-corrected chi connectivity index (χ4v) is 4.67. The van der Waals surface area contributed by atoms with Crippen LogP contribution in [0.4, 0.5) is 0 Å². The zero-order valence-electron chi connectivity index (χ0n) is 17.5. The first kappa shape index (κ1) is 21.9. The molecule has 0 aliphatic heterocycles. The molecule has 4 aromatic carbocycles. The fraction of sp³-hybridized carbons (Fsp3) is 0.143. The van der Waals surface area contributed by atoms with Crippen molar-refractivity contribution >= 4 is 0 Å². The van der Waals surface area contributed by atoms with E-state index in [0.717, 1.165) is 5.56 Å². The van der Waals surface area contributed by atoms with E-state index in [9.17, 15) is 20.4 Å². The van der Waals surface area contributed by atoms with Crippen molar-refractivity contribution in [1.82, 2.24) is 0 Å². The Morgan fingerprint density at radius 2 is 0.781 bits per heavy atom. The van der Waals surface area contributed by atoms with Gasteiger partial charge in [-0.05, 0) is 28.7 Å². The van der Waals surface area contributed by atoms with Crippen molar-refractivity contribution in [3.8, 4) is 0 Å². The van der Waals surface area contributed by atoms with Crippen molar-refractivity contribution in [3.05, 3.63) is 144 Å². The Hall–Kier alpha value is -3.28. The Balaban J connectivity index is 2.14. The van der Waals surface area contributed by atoms with Crippen LogP contribution in [0, 0.1) is 0 Å². The third kappa shape index (κ3) is 3.64. The van der Waals surface area contributed by atoms with Gasteiger partial charge in [-0.2, -0.15) is 0 Å². The second kappa shape index (κ2) is 8.69. The highest BCUT2D eigenvalue weighted by molar-refractivity contribution is 5.49. The van der Waals surface area contributed by atoms with Crippen molar-refractivity contribution in [2.45, 2.75) is 23.4 Å². The van der Waals surface area contributed by atoms with Gasteiger partial charge in [0.05, 0.1) is 5.41 Å². The summed E-state index contributed by atoms with van der Waals surface area (Å²) in [5.41, 5.74) is -1.70. The first-order chi connectivity index (χ1) is 15.4. The zero-order chi connectivity index (χ0) is 22.7. The molecule has 0 radical (unpaired) electrons. The average Bonchev–Trinajstić information content (AvgIpc) is 2.83. The molecule has 0 heterocycles. The molecule has 4 heteroatoms. The summed E-state index contributed by atoms with van der Waals surface area (Å²) < 4.78 is 0. The molecule has 162 valence electrons. The van der Waals surface area contributed by atoms with E-state index in [-0.39, 0.29) is 12.0 Å². The van der Waals surface area contributed by atoms with Crippen molar-refractivity contribution in [2.75, 3.05) is 0 Å². The monoisotopic (exact) mass is 426 g/mol. The molecule has 0 aliphatic rings. The van der Waals surface area contributed by atoms with Crippen molar-refractivity contribution in [3.63, 3.8) is 0 Å². The van der Waals surface area contributed by atoms with Gasteiger partial charge in [-0.3, -0.25) is 0 Å². The molecule has 1 unspecified atom stereocenters. The lowest BCUT2D eigenvalue weighted by Gasteiger charge is -2.51. The molecular weight excluding hydrogens is 400 g/mol. The van der Waals surface area contributed by atoms with Gasteiger partial charge in [0.15, 0.2) is 5.60 Å². The van der Waals surface area contributed by atoms with Gasteiger partial charge in [0.1, 0.15) is 0 Å². The molecule has 0 bridgehead atoms. The van der Waals surface area contributed by atoms with Crippen molar-refractivity contribution in [1.29, 1.82) is 0 Å². The van der Waals surface area contributed by atoms with Crippen LogP contribution in [0.25, 0.3) is 0 Å². The SMILES string of the molecule is OC(O)(O)C(O)(c1ccccc1)C(Cc1ccccc1)(c1ccccc1)c1ccccc1. The van der Waals surface area contributed by atoms with E-state index in [2.05, 4.69) is 0 Å². The second-order valence-corrected chi connectivity index (χ2v) is 8.01. The molecule has 0 saturated heterocycles. The summed E-state index contributed by atoms with van der Waals surface area (Å²) >= 11 is 0. The largest absolute Gasteiger partial charge is 0.376 e. The Bertz CT molecular complexity index is 1080. The molecule has 4 rings (SSSR count). The Morgan fingerprint density at radius 3 is 1.16 bits per heavy atom.